The molecule has 1 aromatic rings. The predicted molar refractivity (Wildman–Crippen MR) is 73.2 cm³/mol. The smallest absolute Gasteiger partial charge is 0.355 e. The van der Waals surface area contributed by atoms with E-state index in [1.54, 1.807) is 17.1 Å². The van der Waals surface area contributed by atoms with Gasteiger partial charge in [0.1, 0.15) is 0 Å². The number of unbranched alkanes of at least 4 members (excludes halogenated alkanes) is 5. The molecule has 0 aliphatic rings. The standard InChI is InChI=1S/C12H19NO2S2/c1-2-3-4-5-6-7-8-16-12-13-10(9-17-12)11(14)15/h9H,2-8H2,1H3,(H,14,15). The third-order valence-corrected chi connectivity index (χ3v) is 4.53. The van der Waals surface area contributed by atoms with Crippen LogP contribution in [-0.2, 0) is 0 Å². The molecular formula is C12H19NO2S2. The molecule has 0 atom stereocenters. The van der Waals surface area contributed by atoms with Crippen LogP contribution < -0.4 is 0 Å². The van der Waals surface area contributed by atoms with Crippen molar-refractivity contribution in [1.29, 1.82) is 0 Å². The molecule has 1 aromatic heterocycles. The number of hydrogen-bond donors (Lipinski definition) is 1. The summed E-state index contributed by atoms with van der Waals surface area (Å²) in [5.41, 5.74) is 0.167. The van der Waals surface area contributed by atoms with Crippen molar-refractivity contribution in [2.75, 3.05) is 5.75 Å². The number of rotatable bonds is 9. The van der Waals surface area contributed by atoms with Crippen LogP contribution in [0.4, 0.5) is 0 Å². The van der Waals surface area contributed by atoms with E-state index in [4.69, 9.17) is 5.11 Å². The molecule has 0 saturated heterocycles. The Balaban J connectivity index is 2.07. The number of aromatic nitrogens is 1. The molecule has 1 heterocycles. The van der Waals surface area contributed by atoms with Gasteiger partial charge < -0.3 is 5.11 Å². The molecule has 0 saturated carbocycles. The van der Waals surface area contributed by atoms with Crippen molar-refractivity contribution in [3.05, 3.63) is 11.1 Å². The highest BCUT2D eigenvalue weighted by Gasteiger charge is 2.08. The first-order chi connectivity index (χ1) is 8.24. The molecule has 0 radical (unpaired) electrons. The summed E-state index contributed by atoms with van der Waals surface area (Å²) < 4.78 is 0.871. The summed E-state index contributed by atoms with van der Waals surface area (Å²) in [6, 6.07) is 0. The highest BCUT2D eigenvalue weighted by atomic mass is 32.2. The Hall–Kier alpha value is -0.550. The van der Waals surface area contributed by atoms with Crippen LogP contribution in [0.1, 0.15) is 55.9 Å². The minimum absolute atomic E-state index is 0.167. The van der Waals surface area contributed by atoms with Crippen LogP contribution in [0.15, 0.2) is 9.72 Å². The maximum Gasteiger partial charge on any atom is 0.355 e. The fraction of sp³-hybridized carbons (Fsp3) is 0.667. The minimum atomic E-state index is -0.937. The lowest BCUT2D eigenvalue weighted by atomic mass is 10.1. The molecule has 5 heteroatoms. The van der Waals surface area contributed by atoms with E-state index in [1.807, 2.05) is 0 Å². The quantitative estimate of drug-likeness (QED) is 0.538. The van der Waals surface area contributed by atoms with Gasteiger partial charge in [-0.2, -0.15) is 0 Å². The van der Waals surface area contributed by atoms with E-state index in [0.717, 1.165) is 10.1 Å². The lowest BCUT2D eigenvalue weighted by Crippen LogP contribution is -1.95. The van der Waals surface area contributed by atoms with Crippen LogP contribution in [0.25, 0.3) is 0 Å². The largest absolute Gasteiger partial charge is 0.476 e. The maximum absolute atomic E-state index is 10.6. The Morgan fingerprint density at radius 1 is 1.35 bits per heavy atom. The average molecular weight is 273 g/mol. The Morgan fingerprint density at radius 3 is 2.71 bits per heavy atom. The summed E-state index contributed by atoms with van der Waals surface area (Å²) in [7, 11) is 0. The first kappa shape index (κ1) is 14.5. The molecule has 0 aliphatic carbocycles. The molecule has 3 nitrogen and oxygen atoms in total. The molecule has 0 bridgehead atoms. The third kappa shape index (κ3) is 6.07. The lowest BCUT2D eigenvalue weighted by Gasteiger charge is -1.99. The molecule has 17 heavy (non-hydrogen) atoms. The van der Waals surface area contributed by atoms with Crippen LogP contribution in [0.3, 0.4) is 0 Å². The molecule has 0 unspecified atom stereocenters. The van der Waals surface area contributed by atoms with E-state index in [0.29, 0.717) is 0 Å². The van der Waals surface area contributed by atoms with E-state index < -0.39 is 5.97 Å². The van der Waals surface area contributed by atoms with Gasteiger partial charge in [-0.25, -0.2) is 9.78 Å². The van der Waals surface area contributed by atoms with Crippen LogP contribution in [0, 0.1) is 0 Å². The first-order valence-corrected chi connectivity index (χ1v) is 7.92. The topological polar surface area (TPSA) is 50.2 Å². The normalized spacial score (nSPS) is 10.6. The first-order valence-electron chi connectivity index (χ1n) is 6.05. The van der Waals surface area contributed by atoms with Gasteiger partial charge in [0.2, 0.25) is 0 Å². The second-order valence-electron chi connectivity index (χ2n) is 3.92. The molecular weight excluding hydrogens is 254 g/mol. The van der Waals surface area contributed by atoms with E-state index in [1.165, 1.54) is 49.9 Å². The second kappa shape index (κ2) is 8.53. The fourth-order valence-corrected chi connectivity index (χ4v) is 3.33. The van der Waals surface area contributed by atoms with Gasteiger partial charge in [-0.3, -0.25) is 0 Å². The van der Waals surface area contributed by atoms with E-state index >= 15 is 0 Å². The third-order valence-electron chi connectivity index (χ3n) is 2.43. The summed E-state index contributed by atoms with van der Waals surface area (Å²) in [4.78, 5) is 14.7. The van der Waals surface area contributed by atoms with Crippen LogP contribution in [0.5, 0.6) is 0 Å². The van der Waals surface area contributed by atoms with Gasteiger partial charge >= 0.3 is 5.97 Å². The summed E-state index contributed by atoms with van der Waals surface area (Å²) in [6.07, 6.45) is 7.72. The second-order valence-corrected chi connectivity index (χ2v) is 6.12. The summed E-state index contributed by atoms with van der Waals surface area (Å²) >= 11 is 3.09. The van der Waals surface area contributed by atoms with Gasteiger partial charge in [-0.1, -0.05) is 50.8 Å². The van der Waals surface area contributed by atoms with Crippen molar-refractivity contribution < 1.29 is 9.90 Å². The van der Waals surface area contributed by atoms with E-state index in [9.17, 15) is 4.79 Å². The zero-order chi connectivity index (χ0) is 12.5. The summed E-state index contributed by atoms with van der Waals surface area (Å²) in [6.45, 7) is 2.22. The molecule has 1 N–H and O–H groups in total. The number of hydrogen-bond acceptors (Lipinski definition) is 4. The summed E-state index contributed by atoms with van der Waals surface area (Å²) in [5.74, 6) is 0.103. The molecule has 0 amide bonds. The monoisotopic (exact) mass is 273 g/mol. The molecule has 96 valence electrons. The van der Waals surface area contributed by atoms with Gasteiger partial charge in [0.05, 0.1) is 0 Å². The van der Waals surface area contributed by atoms with Gasteiger partial charge in [0, 0.05) is 11.1 Å². The number of thiazole rings is 1. The van der Waals surface area contributed by atoms with Crippen molar-refractivity contribution >= 4 is 29.1 Å². The van der Waals surface area contributed by atoms with Crippen molar-refractivity contribution in [2.24, 2.45) is 0 Å². The zero-order valence-electron chi connectivity index (χ0n) is 10.1. The number of carbonyl (C=O) groups is 1. The maximum atomic E-state index is 10.6. The van der Waals surface area contributed by atoms with Crippen LogP contribution in [-0.4, -0.2) is 21.8 Å². The Morgan fingerprint density at radius 2 is 2.06 bits per heavy atom. The van der Waals surface area contributed by atoms with E-state index in [-0.39, 0.29) is 5.69 Å². The molecule has 0 spiro atoms. The molecule has 0 fully saturated rings. The van der Waals surface area contributed by atoms with Crippen LogP contribution >= 0.6 is 23.1 Å². The fourth-order valence-electron chi connectivity index (χ4n) is 1.46. The SMILES string of the molecule is CCCCCCCCSc1nc(C(=O)O)cs1. The van der Waals surface area contributed by atoms with Crippen molar-refractivity contribution in [3.8, 4) is 0 Å². The number of carboxylic acid groups (broad SMARTS) is 1. The summed E-state index contributed by atoms with van der Waals surface area (Å²) in [5, 5.41) is 10.3. The molecule has 1 rings (SSSR count). The van der Waals surface area contributed by atoms with Gasteiger partial charge in [0.15, 0.2) is 10.0 Å². The number of aromatic carboxylic acids is 1. The average Bonchev–Trinajstić information content (AvgIpc) is 2.77. The molecule has 0 aromatic carbocycles. The van der Waals surface area contributed by atoms with Gasteiger partial charge in [-0.15, -0.1) is 11.3 Å². The highest BCUT2D eigenvalue weighted by molar-refractivity contribution is 8.01. The number of nitrogens with zero attached hydrogens (tertiary/aromatic N) is 1. The highest BCUT2D eigenvalue weighted by Crippen LogP contribution is 2.24. The number of thioether (sulfide) groups is 1. The van der Waals surface area contributed by atoms with Gasteiger partial charge in [-0.05, 0) is 6.42 Å². The lowest BCUT2D eigenvalue weighted by molar-refractivity contribution is 0.0691. The minimum Gasteiger partial charge on any atom is -0.476 e. The predicted octanol–water partition coefficient (Wildman–Crippen LogP) is 4.29. The Kier molecular flexibility index (Phi) is 7.28. The van der Waals surface area contributed by atoms with Crippen molar-refractivity contribution in [2.45, 2.75) is 49.8 Å². The van der Waals surface area contributed by atoms with Crippen molar-refractivity contribution in [1.82, 2.24) is 4.98 Å². The Bertz CT molecular complexity index is 339. The Labute approximate surface area is 111 Å². The van der Waals surface area contributed by atoms with E-state index in [2.05, 4.69) is 11.9 Å². The molecule has 0 aliphatic heterocycles. The van der Waals surface area contributed by atoms with Gasteiger partial charge in [0.25, 0.3) is 0 Å². The zero-order valence-corrected chi connectivity index (χ0v) is 11.8. The number of carboxylic acids is 1. The van der Waals surface area contributed by atoms with Crippen LogP contribution in [0.2, 0.25) is 0 Å². The van der Waals surface area contributed by atoms with Crippen molar-refractivity contribution in [3.63, 3.8) is 0 Å².